The third-order valence-corrected chi connectivity index (χ3v) is 4.82. The van der Waals surface area contributed by atoms with E-state index in [0.717, 1.165) is 11.8 Å². The van der Waals surface area contributed by atoms with Crippen molar-refractivity contribution in [3.8, 4) is 0 Å². The van der Waals surface area contributed by atoms with Gasteiger partial charge in [0.05, 0.1) is 0 Å². The average molecular weight is 230 g/mol. The van der Waals surface area contributed by atoms with E-state index < -0.39 is 0 Å². The van der Waals surface area contributed by atoms with Crippen molar-refractivity contribution in [2.45, 2.75) is 38.0 Å². The van der Waals surface area contributed by atoms with Crippen LogP contribution < -0.4 is 0 Å². The SMILES string of the molecule is OC[C@H]1[C@H](c2ccccc2)[C@@H]1C1CCCCC1. The summed E-state index contributed by atoms with van der Waals surface area (Å²) in [5.74, 6) is 2.83. The molecule has 0 heterocycles. The molecule has 3 atom stereocenters. The Bertz CT molecular complexity index is 353. The van der Waals surface area contributed by atoms with Gasteiger partial charge in [-0.2, -0.15) is 0 Å². The molecule has 17 heavy (non-hydrogen) atoms. The molecule has 1 N–H and O–H groups in total. The number of aliphatic hydroxyl groups is 1. The lowest BCUT2D eigenvalue weighted by molar-refractivity contribution is 0.241. The molecule has 3 rings (SSSR count). The van der Waals surface area contributed by atoms with Gasteiger partial charge in [0.2, 0.25) is 0 Å². The van der Waals surface area contributed by atoms with E-state index in [1.54, 1.807) is 0 Å². The molecular weight excluding hydrogens is 208 g/mol. The molecule has 0 spiro atoms. The fourth-order valence-electron chi connectivity index (χ4n) is 3.94. The maximum atomic E-state index is 9.54. The van der Waals surface area contributed by atoms with Gasteiger partial charge in [0.15, 0.2) is 0 Å². The summed E-state index contributed by atoms with van der Waals surface area (Å²) < 4.78 is 0. The molecule has 2 saturated carbocycles. The highest BCUT2D eigenvalue weighted by Crippen LogP contribution is 2.60. The van der Waals surface area contributed by atoms with Gasteiger partial charge < -0.3 is 5.11 Å². The van der Waals surface area contributed by atoms with Crippen LogP contribution >= 0.6 is 0 Å². The smallest absolute Gasteiger partial charge is 0.0468 e. The van der Waals surface area contributed by atoms with Crippen molar-refractivity contribution in [1.29, 1.82) is 0 Å². The van der Waals surface area contributed by atoms with Gasteiger partial charge in [0, 0.05) is 6.61 Å². The summed E-state index contributed by atoms with van der Waals surface area (Å²) in [5, 5.41) is 9.54. The predicted molar refractivity (Wildman–Crippen MR) is 69.8 cm³/mol. The minimum Gasteiger partial charge on any atom is -0.396 e. The van der Waals surface area contributed by atoms with Crippen molar-refractivity contribution < 1.29 is 5.11 Å². The van der Waals surface area contributed by atoms with Gasteiger partial charge in [-0.3, -0.25) is 0 Å². The molecule has 2 aliphatic carbocycles. The first-order chi connectivity index (χ1) is 8.42. The lowest BCUT2D eigenvalue weighted by Gasteiger charge is -2.22. The Labute approximate surface area is 104 Å². The molecular formula is C16H22O. The fraction of sp³-hybridized carbons (Fsp3) is 0.625. The molecule has 0 aliphatic heterocycles. The van der Waals surface area contributed by atoms with Crippen LogP contribution in [0.4, 0.5) is 0 Å². The zero-order chi connectivity index (χ0) is 11.7. The van der Waals surface area contributed by atoms with E-state index in [2.05, 4.69) is 30.3 Å². The van der Waals surface area contributed by atoms with Gasteiger partial charge in [0.1, 0.15) is 0 Å². The predicted octanol–water partition coefficient (Wildman–Crippen LogP) is 3.59. The van der Waals surface area contributed by atoms with Crippen molar-refractivity contribution in [1.82, 2.24) is 0 Å². The van der Waals surface area contributed by atoms with Crippen molar-refractivity contribution >= 4 is 0 Å². The van der Waals surface area contributed by atoms with Gasteiger partial charge in [-0.25, -0.2) is 0 Å². The molecule has 1 aromatic rings. The first-order valence-corrected chi connectivity index (χ1v) is 7.07. The molecule has 1 nitrogen and oxygen atoms in total. The van der Waals surface area contributed by atoms with E-state index in [-0.39, 0.29) is 0 Å². The van der Waals surface area contributed by atoms with Crippen LogP contribution in [0.15, 0.2) is 30.3 Å². The maximum absolute atomic E-state index is 9.54. The summed E-state index contributed by atoms with van der Waals surface area (Å²) in [5.41, 5.74) is 1.45. The molecule has 0 bridgehead atoms. The molecule has 92 valence electrons. The molecule has 2 fully saturated rings. The maximum Gasteiger partial charge on any atom is 0.0468 e. The largest absolute Gasteiger partial charge is 0.396 e. The Morgan fingerprint density at radius 2 is 1.71 bits per heavy atom. The summed E-state index contributed by atoms with van der Waals surface area (Å²) in [6.45, 7) is 0.376. The first kappa shape index (κ1) is 11.3. The highest BCUT2D eigenvalue weighted by atomic mass is 16.3. The first-order valence-electron chi connectivity index (χ1n) is 7.07. The summed E-state index contributed by atoms with van der Waals surface area (Å²) in [6.07, 6.45) is 7.01. The van der Waals surface area contributed by atoms with E-state index >= 15 is 0 Å². The third kappa shape index (κ3) is 2.13. The summed E-state index contributed by atoms with van der Waals surface area (Å²) in [6, 6.07) is 10.8. The Balaban J connectivity index is 1.73. The van der Waals surface area contributed by atoms with E-state index in [0.29, 0.717) is 18.4 Å². The monoisotopic (exact) mass is 230 g/mol. The number of aliphatic hydroxyl groups excluding tert-OH is 1. The van der Waals surface area contributed by atoms with Crippen LogP contribution in [-0.2, 0) is 0 Å². The standard InChI is InChI=1S/C16H22O/c17-11-14-15(12-7-3-1-4-8-12)16(14)13-9-5-2-6-10-13/h1,3-4,7-8,13-17H,2,5-6,9-11H2/t14-,15-,16+/m0/s1. The quantitative estimate of drug-likeness (QED) is 0.841. The Morgan fingerprint density at radius 3 is 2.35 bits per heavy atom. The second-order valence-corrected chi connectivity index (χ2v) is 5.76. The van der Waals surface area contributed by atoms with Crippen molar-refractivity contribution in [3.63, 3.8) is 0 Å². The highest BCUT2D eigenvalue weighted by Gasteiger charge is 2.53. The van der Waals surface area contributed by atoms with Crippen molar-refractivity contribution in [2.24, 2.45) is 17.8 Å². The minimum absolute atomic E-state index is 0.376. The zero-order valence-electron chi connectivity index (χ0n) is 10.4. The lowest BCUT2D eigenvalue weighted by Crippen LogP contribution is -2.10. The van der Waals surface area contributed by atoms with Gasteiger partial charge >= 0.3 is 0 Å². The topological polar surface area (TPSA) is 20.2 Å². The average Bonchev–Trinajstić information content (AvgIpc) is 3.15. The molecule has 0 unspecified atom stereocenters. The van der Waals surface area contributed by atoms with Crippen molar-refractivity contribution in [3.05, 3.63) is 35.9 Å². The fourth-order valence-corrected chi connectivity index (χ4v) is 3.94. The minimum atomic E-state index is 0.376. The van der Waals surface area contributed by atoms with Crippen LogP contribution in [0.2, 0.25) is 0 Å². The number of hydrogen-bond acceptors (Lipinski definition) is 1. The highest BCUT2D eigenvalue weighted by molar-refractivity contribution is 5.28. The molecule has 1 aromatic carbocycles. The van der Waals surface area contributed by atoms with Gasteiger partial charge in [-0.1, -0.05) is 62.4 Å². The summed E-state index contributed by atoms with van der Waals surface area (Å²) in [7, 11) is 0. The van der Waals surface area contributed by atoms with Gasteiger partial charge in [-0.15, -0.1) is 0 Å². The van der Waals surface area contributed by atoms with Crippen molar-refractivity contribution in [2.75, 3.05) is 6.61 Å². The molecule has 0 saturated heterocycles. The van der Waals surface area contributed by atoms with Crippen LogP contribution in [0.3, 0.4) is 0 Å². The molecule has 0 radical (unpaired) electrons. The molecule has 0 aromatic heterocycles. The molecule has 2 aliphatic rings. The van der Waals surface area contributed by atoms with E-state index in [4.69, 9.17) is 0 Å². The van der Waals surface area contributed by atoms with Crippen LogP contribution in [-0.4, -0.2) is 11.7 Å². The third-order valence-electron chi connectivity index (χ3n) is 4.82. The summed E-state index contributed by atoms with van der Waals surface area (Å²) >= 11 is 0. The number of benzene rings is 1. The van der Waals surface area contributed by atoms with Crippen LogP contribution in [0.5, 0.6) is 0 Å². The number of rotatable bonds is 3. The second kappa shape index (κ2) is 4.81. The Kier molecular flexibility index (Phi) is 3.19. The number of hydrogen-bond donors (Lipinski definition) is 1. The van der Waals surface area contributed by atoms with E-state index in [9.17, 15) is 5.11 Å². The Hall–Kier alpha value is -0.820. The van der Waals surface area contributed by atoms with Crippen LogP contribution in [0, 0.1) is 17.8 Å². The zero-order valence-corrected chi connectivity index (χ0v) is 10.4. The molecule has 0 amide bonds. The van der Waals surface area contributed by atoms with Crippen LogP contribution in [0.1, 0.15) is 43.6 Å². The van der Waals surface area contributed by atoms with Gasteiger partial charge in [-0.05, 0) is 29.2 Å². The summed E-state index contributed by atoms with van der Waals surface area (Å²) in [4.78, 5) is 0. The van der Waals surface area contributed by atoms with Gasteiger partial charge in [0.25, 0.3) is 0 Å². The van der Waals surface area contributed by atoms with E-state index in [1.165, 1.54) is 37.7 Å². The van der Waals surface area contributed by atoms with E-state index in [1.807, 2.05) is 0 Å². The molecule has 1 heteroatoms. The normalized spacial score (nSPS) is 33.6. The van der Waals surface area contributed by atoms with Crippen LogP contribution in [0.25, 0.3) is 0 Å². The second-order valence-electron chi connectivity index (χ2n) is 5.76. The Morgan fingerprint density at radius 1 is 1.00 bits per heavy atom. The lowest BCUT2D eigenvalue weighted by atomic mass is 9.84.